The van der Waals surface area contributed by atoms with Crippen LogP contribution in [0.25, 0.3) is 10.8 Å². The van der Waals surface area contributed by atoms with Gasteiger partial charge in [0.1, 0.15) is 6.04 Å². The van der Waals surface area contributed by atoms with Crippen molar-refractivity contribution in [3.05, 3.63) is 102 Å². The first kappa shape index (κ1) is 36.2. The lowest BCUT2D eigenvalue weighted by Crippen LogP contribution is -2.56. The molecular weight excluding hydrogens is 638 g/mol. The molecule has 1 aliphatic heterocycles. The smallest absolute Gasteiger partial charge is 0.337 e. The molecule has 3 amide bonds. The lowest BCUT2D eigenvalue weighted by atomic mass is 9.91. The van der Waals surface area contributed by atoms with Gasteiger partial charge in [-0.1, -0.05) is 72.8 Å². The standard InChI is InChI=1S/C38H45N5O7/c1-25(2)50-38(48)35(45)32(19-26-9-4-3-5-10-26)41-37(47)33(22-30-23-39-24-40-30)42-36(46)29(21-34(44)43-15-17-49-18-16-43)20-28-13-8-12-27-11-6-7-14-31(27)28/h3-14,23-25,29,32-33,35,45H,15-22H2,1-2H3,(H,39,40)(H,41,47)(H,42,46)/t29-,32+,33+,35-/m1/s1. The van der Waals surface area contributed by atoms with Crippen LogP contribution in [0.4, 0.5) is 0 Å². The molecule has 0 aliphatic carbocycles. The van der Waals surface area contributed by atoms with Gasteiger partial charge in [-0.3, -0.25) is 14.4 Å². The number of nitrogens with one attached hydrogen (secondary N) is 3. The number of esters is 1. The van der Waals surface area contributed by atoms with Gasteiger partial charge in [-0.15, -0.1) is 0 Å². The maximum atomic E-state index is 14.2. The fraction of sp³-hybridized carbons (Fsp3) is 0.395. The van der Waals surface area contributed by atoms with E-state index in [1.165, 1.54) is 6.33 Å². The minimum absolute atomic E-state index is 0.0422. The molecule has 1 aliphatic rings. The van der Waals surface area contributed by atoms with Crippen LogP contribution in [-0.2, 0) is 47.9 Å². The van der Waals surface area contributed by atoms with Gasteiger partial charge in [-0.05, 0) is 48.6 Å². The average molecular weight is 684 g/mol. The number of morpholine rings is 1. The minimum Gasteiger partial charge on any atom is -0.461 e. The number of H-pyrrole nitrogens is 1. The number of aromatic amines is 1. The molecule has 4 atom stereocenters. The highest BCUT2D eigenvalue weighted by atomic mass is 16.6. The molecule has 3 aromatic carbocycles. The van der Waals surface area contributed by atoms with E-state index in [9.17, 15) is 24.3 Å². The van der Waals surface area contributed by atoms with Gasteiger partial charge in [0.2, 0.25) is 17.7 Å². The van der Waals surface area contributed by atoms with Crippen LogP contribution in [-0.4, -0.2) is 94.3 Å². The Morgan fingerprint density at radius 3 is 2.34 bits per heavy atom. The summed E-state index contributed by atoms with van der Waals surface area (Å²) in [6, 6.07) is 20.7. The number of carbonyl (C=O) groups excluding carboxylic acids is 4. The third-order valence-corrected chi connectivity index (χ3v) is 8.71. The van der Waals surface area contributed by atoms with Crippen LogP contribution in [0.1, 0.15) is 37.1 Å². The van der Waals surface area contributed by atoms with Crippen LogP contribution in [0.2, 0.25) is 0 Å². The molecule has 5 rings (SSSR count). The summed E-state index contributed by atoms with van der Waals surface area (Å²) in [5.74, 6) is -2.93. The first-order chi connectivity index (χ1) is 24.2. The maximum absolute atomic E-state index is 14.2. The Hall–Kier alpha value is -5.07. The van der Waals surface area contributed by atoms with Crippen molar-refractivity contribution in [2.75, 3.05) is 26.3 Å². The zero-order valence-corrected chi connectivity index (χ0v) is 28.4. The number of benzene rings is 3. The number of aromatic nitrogens is 2. The summed E-state index contributed by atoms with van der Waals surface area (Å²) >= 11 is 0. The maximum Gasteiger partial charge on any atom is 0.337 e. The Labute approximate surface area is 291 Å². The Bertz CT molecular complexity index is 1720. The molecule has 1 saturated heterocycles. The SMILES string of the molecule is CC(C)OC(=O)[C@H](O)[C@H](Cc1ccccc1)NC(=O)[C@H](Cc1cnc[nH]1)NC(=O)[C@@H](CC(=O)N1CCOCC1)Cc1cccc2ccccc12. The summed E-state index contributed by atoms with van der Waals surface area (Å²) in [6.07, 6.45) is 1.25. The molecule has 0 bridgehead atoms. The molecule has 0 unspecified atom stereocenters. The molecule has 264 valence electrons. The molecule has 4 N–H and O–H groups in total. The molecule has 2 heterocycles. The Morgan fingerprint density at radius 1 is 0.900 bits per heavy atom. The van der Waals surface area contributed by atoms with Crippen molar-refractivity contribution in [2.24, 2.45) is 5.92 Å². The van der Waals surface area contributed by atoms with Crippen molar-refractivity contribution in [2.45, 2.75) is 63.8 Å². The lowest BCUT2D eigenvalue weighted by molar-refractivity contribution is -0.159. The van der Waals surface area contributed by atoms with Crippen LogP contribution < -0.4 is 10.6 Å². The van der Waals surface area contributed by atoms with E-state index >= 15 is 0 Å². The topological polar surface area (TPSA) is 163 Å². The van der Waals surface area contributed by atoms with E-state index in [-0.39, 0.29) is 31.6 Å². The van der Waals surface area contributed by atoms with Crippen LogP contribution >= 0.6 is 0 Å². The first-order valence-corrected chi connectivity index (χ1v) is 17.0. The van der Waals surface area contributed by atoms with E-state index in [1.54, 1.807) is 24.9 Å². The summed E-state index contributed by atoms with van der Waals surface area (Å²) < 4.78 is 10.7. The third-order valence-electron chi connectivity index (χ3n) is 8.71. The highest BCUT2D eigenvalue weighted by Gasteiger charge is 2.34. The van der Waals surface area contributed by atoms with E-state index in [0.717, 1.165) is 21.9 Å². The molecule has 4 aromatic rings. The summed E-state index contributed by atoms with van der Waals surface area (Å²) in [5.41, 5.74) is 2.27. The number of aliphatic hydroxyl groups is 1. The quantitative estimate of drug-likeness (QED) is 0.139. The fourth-order valence-corrected chi connectivity index (χ4v) is 6.12. The van der Waals surface area contributed by atoms with Crippen molar-refractivity contribution >= 4 is 34.5 Å². The van der Waals surface area contributed by atoms with Gasteiger partial charge in [-0.2, -0.15) is 0 Å². The van der Waals surface area contributed by atoms with Crippen molar-refractivity contribution in [3.63, 3.8) is 0 Å². The number of nitrogens with zero attached hydrogens (tertiary/aromatic N) is 2. The Balaban J connectivity index is 1.41. The second-order valence-electron chi connectivity index (χ2n) is 12.8. The summed E-state index contributed by atoms with van der Waals surface area (Å²) in [6.45, 7) is 5.08. The number of rotatable bonds is 15. The van der Waals surface area contributed by atoms with Crippen LogP contribution in [0.3, 0.4) is 0 Å². The predicted molar refractivity (Wildman–Crippen MR) is 187 cm³/mol. The number of hydrogen-bond acceptors (Lipinski definition) is 8. The van der Waals surface area contributed by atoms with E-state index < -0.39 is 48.0 Å². The van der Waals surface area contributed by atoms with Gasteiger partial charge in [0.25, 0.3) is 0 Å². The Morgan fingerprint density at radius 2 is 1.62 bits per heavy atom. The second kappa shape index (κ2) is 17.5. The lowest BCUT2D eigenvalue weighted by Gasteiger charge is -2.29. The van der Waals surface area contributed by atoms with Crippen molar-refractivity contribution in [1.82, 2.24) is 25.5 Å². The number of amides is 3. The number of ether oxygens (including phenoxy) is 2. The zero-order chi connectivity index (χ0) is 35.5. The highest BCUT2D eigenvalue weighted by Crippen LogP contribution is 2.24. The van der Waals surface area contributed by atoms with Gasteiger partial charge in [0, 0.05) is 37.8 Å². The monoisotopic (exact) mass is 683 g/mol. The molecular formula is C38H45N5O7. The number of aliphatic hydroxyl groups excluding tert-OH is 1. The Kier molecular flexibility index (Phi) is 12.7. The zero-order valence-electron chi connectivity index (χ0n) is 28.4. The van der Waals surface area contributed by atoms with Crippen molar-refractivity contribution < 1.29 is 33.8 Å². The number of fused-ring (bicyclic) bond motifs is 1. The molecule has 12 nitrogen and oxygen atoms in total. The first-order valence-electron chi connectivity index (χ1n) is 17.0. The molecule has 0 saturated carbocycles. The van der Waals surface area contributed by atoms with Gasteiger partial charge in [0.05, 0.1) is 37.6 Å². The summed E-state index contributed by atoms with van der Waals surface area (Å²) in [7, 11) is 0. The molecule has 0 spiro atoms. The summed E-state index contributed by atoms with van der Waals surface area (Å²) in [5, 5.41) is 18.8. The van der Waals surface area contributed by atoms with Crippen molar-refractivity contribution in [1.29, 1.82) is 0 Å². The predicted octanol–water partition coefficient (Wildman–Crippen LogP) is 2.74. The molecule has 1 aromatic heterocycles. The second-order valence-corrected chi connectivity index (χ2v) is 12.8. The van der Waals surface area contributed by atoms with E-state index in [0.29, 0.717) is 32.0 Å². The highest BCUT2D eigenvalue weighted by molar-refractivity contribution is 5.92. The van der Waals surface area contributed by atoms with Gasteiger partial charge in [-0.25, -0.2) is 9.78 Å². The third kappa shape index (κ3) is 9.99. The van der Waals surface area contributed by atoms with Crippen LogP contribution in [0, 0.1) is 5.92 Å². The number of hydrogen-bond donors (Lipinski definition) is 4. The number of carbonyl (C=O) groups is 4. The normalized spacial score (nSPS) is 15.6. The molecule has 50 heavy (non-hydrogen) atoms. The average Bonchev–Trinajstić information content (AvgIpc) is 3.64. The fourth-order valence-electron chi connectivity index (χ4n) is 6.12. The van der Waals surface area contributed by atoms with Gasteiger partial charge >= 0.3 is 5.97 Å². The van der Waals surface area contributed by atoms with E-state index in [1.807, 2.05) is 72.8 Å². The van der Waals surface area contributed by atoms with Crippen LogP contribution in [0.15, 0.2) is 85.3 Å². The molecule has 12 heteroatoms. The molecule has 0 radical (unpaired) electrons. The minimum atomic E-state index is -1.67. The van der Waals surface area contributed by atoms with Gasteiger partial charge < -0.3 is 35.1 Å². The molecule has 1 fully saturated rings. The van der Waals surface area contributed by atoms with Gasteiger partial charge in [0.15, 0.2) is 6.10 Å². The van der Waals surface area contributed by atoms with Crippen LogP contribution in [0.5, 0.6) is 0 Å². The number of imidazole rings is 1. The van der Waals surface area contributed by atoms with Crippen molar-refractivity contribution in [3.8, 4) is 0 Å². The van der Waals surface area contributed by atoms with E-state index in [2.05, 4.69) is 20.6 Å². The summed E-state index contributed by atoms with van der Waals surface area (Å²) in [4.78, 5) is 63.4. The van der Waals surface area contributed by atoms with E-state index in [4.69, 9.17) is 9.47 Å². The largest absolute Gasteiger partial charge is 0.461 e.